The van der Waals surface area contributed by atoms with Crippen LogP contribution in [-0.2, 0) is 24.0 Å². The number of hydroxylamine groups is 2. The smallest absolute Gasteiger partial charge is 0.343 e. The molecule has 8 nitrogen and oxygen atoms in total. The molecule has 4 saturated carbocycles. The van der Waals surface area contributed by atoms with Gasteiger partial charge in [0, 0.05) is 31.5 Å². The Labute approximate surface area is 184 Å². The number of amides is 3. The lowest BCUT2D eigenvalue weighted by Gasteiger charge is -2.57. The van der Waals surface area contributed by atoms with E-state index < -0.39 is 17.8 Å². The molecule has 2 N–H and O–H groups in total. The van der Waals surface area contributed by atoms with Gasteiger partial charge in [-0.2, -0.15) is 0 Å². The number of nitrogens with zero attached hydrogens (tertiary/aromatic N) is 1. The van der Waals surface area contributed by atoms with Gasteiger partial charge in [-0.05, 0) is 56.3 Å². The van der Waals surface area contributed by atoms with Gasteiger partial charge < -0.3 is 15.5 Å². The van der Waals surface area contributed by atoms with Gasteiger partial charge in [-0.25, -0.2) is 4.79 Å². The Morgan fingerprint density at radius 2 is 1.50 bits per heavy atom. The van der Waals surface area contributed by atoms with Crippen molar-refractivity contribution in [2.75, 3.05) is 24.6 Å². The van der Waals surface area contributed by atoms with Crippen LogP contribution in [0.5, 0.6) is 0 Å². The number of rotatable bonds is 10. The number of nitrogens with one attached hydrogen (secondary N) is 2. The Hall–Kier alpha value is -1.26. The Balaban J connectivity index is 1.05. The van der Waals surface area contributed by atoms with E-state index in [1.807, 2.05) is 0 Å². The number of carbonyl (C=O) groups is 4. The van der Waals surface area contributed by atoms with Gasteiger partial charge in [0.05, 0.1) is 5.75 Å². The minimum absolute atomic E-state index is 0.0391. The van der Waals surface area contributed by atoms with Crippen molar-refractivity contribution in [1.82, 2.24) is 15.7 Å². The summed E-state index contributed by atoms with van der Waals surface area (Å²) < 4.78 is 0. The average Bonchev–Trinajstić information content (AvgIpc) is 2.99. The third-order valence-electron chi connectivity index (χ3n) is 6.63. The molecular weight excluding hydrogens is 426 g/mol. The zero-order valence-corrected chi connectivity index (χ0v) is 18.7. The highest BCUT2D eigenvalue weighted by Crippen LogP contribution is 2.55. The predicted molar refractivity (Wildman–Crippen MR) is 114 cm³/mol. The molecule has 0 aromatic rings. The quantitative estimate of drug-likeness (QED) is 0.291. The first-order valence-corrected chi connectivity index (χ1v) is 13.2. The molecule has 0 unspecified atom stereocenters. The molecule has 4 aliphatic carbocycles. The van der Waals surface area contributed by atoms with Gasteiger partial charge in [0.25, 0.3) is 11.8 Å². The second-order valence-electron chi connectivity index (χ2n) is 9.04. The zero-order valence-electron chi connectivity index (χ0n) is 17.0. The molecule has 5 rings (SSSR count). The van der Waals surface area contributed by atoms with E-state index >= 15 is 0 Å². The van der Waals surface area contributed by atoms with Crippen molar-refractivity contribution in [1.29, 1.82) is 0 Å². The molecule has 1 saturated heterocycles. The molecular formula is C20H29N3O5S2. The molecule has 1 heterocycles. The summed E-state index contributed by atoms with van der Waals surface area (Å²) in [5.41, 5.74) is 0.308. The summed E-state index contributed by atoms with van der Waals surface area (Å²) >= 11 is 0. The van der Waals surface area contributed by atoms with Gasteiger partial charge in [-0.15, -0.1) is 5.06 Å². The third kappa shape index (κ3) is 5.31. The molecule has 166 valence electrons. The molecule has 10 heteroatoms. The highest BCUT2D eigenvalue weighted by atomic mass is 33.1. The number of hydrogen-bond acceptors (Lipinski definition) is 8. The molecule has 4 bridgehead atoms. The predicted octanol–water partition coefficient (Wildman–Crippen LogP) is 1.65. The fourth-order valence-corrected chi connectivity index (χ4v) is 7.51. The van der Waals surface area contributed by atoms with Crippen LogP contribution in [0.15, 0.2) is 0 Å². The molecule has 5 aliphatic rings. The highest BCUT2D eigenvalue weighted by Gasteiger charge is 2.50. The van der Waals surface area contributed by atoms with Crippen molar-refractivity contribution in [2.45, 2.75) is 56.9 Å². The summed E-state index contributed by atoms with van der Waals surface area (Å²) in [6, 6.07) is 0. The average molecular weight is 456 g/mol. The molecule has 0 spiro atoms. The molecule has 3 amide bonds. The Bertz CT molecular complexity index is 665. The van der Waals surface area contributed by atoms with Crippen molar-refractivity contribution in [3.63, 3.8) is 0 Å². The lowest BCUT2D eigenvalue weighted by Crippen LogP contribution is -2.59. The van der Waals surface area contributed by atoms with Crippen LogP contribution in [0.4, 0.5) is 0 Å². The second-order valence-corrected chi connectivity index (χ2v) is 11.5. The molecule has 0 radical (unpaired) electrons. The first-order chi connectivity index (χ1) is 14.4. The summed E-state index contributed by atoms with van der Waals surface area (Å²) in [7, 11) is 2.42. The fraction of sp³-hybridized carbons (Fsp3) is 0.800. The first kappa shape index (κ1) is 22.0. The van der Waals surface area contributed by atoms with Crippen molar-refractivity contribution in [2.24, 2.45) is 17.8 Å². The number of hydrogen-bond donors (Lipinski definition) is 2. The second kappa shape index (κ2) is 9.48. The van der Waals surface area contributed by atoms with Gasteiger partial charge in [-0.3, -0.25) is 14.4 Å². The van der Waals surface area contributed by atoms with Crippen molar-refractivity contribution < 1.29 is 24.0 Å². The number of carbonyl (C=O) groups excluding carboxylic acids is 4. The van der Waals surface area contributed by atoms with Crippen LogP contribution in [0.2, 0.25) is 0 Å². The van der Waals surface area contributed by atoms with Gasteiger partial charge in [0.15, 0.2) is 0 Å². The Kier molecular flexibility index (Phi) is 6.94. The largest absolute Gasteiger partial charge is 0.354 e. The molecule has 0 atom stereocenters. The van der Waals surface area contributed by atoms with Crippen LogP contribution in [0.3, 0.4) is 0 Å². The lowest BCUT2D eigenvalue weighted by molar-refractivity contribution is -0.195. The SMILES string of the molecule is O=C(CSSCC(=O)ON1C(=O)CCC1=O)NCCNC12CC3CC(CC(C3)C1)C2. The van der Waals surface area contributed by atoms with E-state index in [0.29, 0.717) is 17.1 Å². The van der Waals surface area contributed by atoms with Crippen LogP contribution in [0.1, 0.15) is 51.4 Å². The van der Waals surface area contributed by atoms with Crippen LogP contribution >= 0.6 is 21.6 Å². The van der Waals surface area contributed by atoms with Crippen molar-refractivity contribution in [3.8, 4) is 0 Å². The summed E-state index contributed by atoms with van der Waals surface area (Å²) in [6.07, 6.45) is 8.30. The summed E-state index contributed by atoms with van der Waals surface area (Å²) in [6.45, 7) is 1.40. The standard InChI is InChI=1S/C20H29N3O5S2/c24-16(11-29-30-12-19(27)28-23-17(25)1-2-18(23)26)21-3-4-22-20-8-13-5-14(9-20)7-15(6-13)10-20/h13-15,22H,1-12H2,(H,21,24). The normalized spacial score (nSPS) is 32.0. The summed E-state index contributed by atoms with van der Waals surface area (Å²) in [5, 5.41) is 7.22. The van der Waals surface area contributed by atoms with E-state index in [-0.39, 0.29) is 30.3 Å². The molecule has 1 aliphatic heterocycles. The maximum absolute atomic E-state index is 12.0. The maximum atomic E-state index is 12.0. The summed E-state index contributed by atoms with van der Waals surface area (Å²) in [5.74, 6) is 1.18. The first-order valence-electron chi connectivity index (χ1n) is 10.8. The van der Waals surface area contributed by atoms with E-state index in [2.05, 4.69) is 10.6 Å². The molecule has 0 aromatic carbocycles. The van der Waals surface area contributed by atoms with Crippen LogP contribution in [-0.4, -0.2) is 58.9 Å². The van der Waals surface area contributed by atoms with Crippen LogP contribution in [0, 0.1) is 17.8 Å². The minimum atomic E-state index is -0.670. The lowest BCUT2D eigenvalue weighted by atomic mass is 9.53. The van der Waals surface area contributed by atoms with E-state index in [0.717, 1.165) is 24.3 Å². The van der Waals surface area contributed by atoms with Gasteiger partial charge in [0.2, 0.25) is 5.91 Å². The topological polar surface area (TPSA) is 105 Å². The van der Waals surface area contributed by atoms with Crippen LogP contribution < -0.4 is 10.6 Å². The maximum Gasteiger partial charge on any atom is 0.343 e. The number of imide groups is 1. The minimum Gasteiger partial charge on any atom is -0.354 e. The zero-order chi connectivity index (χ0) is 21.1. The monoisotopic (exact) mass is 455 g/mol. The van der Waals surface area contributed by atoms with Gasteiger partial charge >= 0.3 is 5.97 Å². The van der Waals surface area contributed by atoms with Gasteiger partial charge in [0.1, 0.15) is 5.75 Å². The highest BCUT2D eigenvalue weighted by molar-refractivity contribution is 8.77. The fourth-order valence-electron chi connectivity index (χ4n) is 5.88. The van der Waals surface area contributed by atoms with Gasteiger partial charge in [-0.1, -0.05) is 21.6 Å². The van der Waals surface area contributed by atoms with Crippen molar-refractivity contribution in [3.05, 3.63) is 0 Å². The third-order valence-corrected chi connectivity index (χ3v) is 8.74. The Morgan fingerprint density at radius 3 is 2.10 bits per heavy atom. The molecule has 30 heavy (non-hydrogen) atoms. The van der Waals surface area contributed by atoms with Crippen LogP contribution in [0.25, 0.3) is 0 Å². The molecule has 5 fully saturated rings. The molecule has 0 aromatic heterocycles. The van der Waals surface area contributed by atoms with E-state index in [4.69, 9.17) is 4.84 Å². The Morgan fingerprint density at radius 1 is 0.933 bits per heavy atom. The van der Waals surface area contributed by atoms with E-state index in [1.54, 1.807) is 0 Å². The summed E-state index contributed by atoms with van der Waals surface area (Å²) in [4.78, 5) is 51.3. The van der Waals surface area contributed by atoms with E-state index in [9.17, 15) is 19.2 Å². The van der Waals surface area contributed by atoms with Crippen molar-refractivity contribution >= 4 is 45.3 Å². The van der Waals surface area contributed by atoms with E-state index in [1.165, 1.54) is 60.1 Å².